The molecule has 1 aromatic heterocycles. The van der Waals surface area contributed by atoms with Crippen LogP contribution in [0, 0.1) is 0 Å². The molecule has 1 heterocycles. The Kier molecular flexibility index (Phi) is 4.58. The third-order valence-electron chi connectivity index (χ3n) is 3.78. The summed E-state index contributed by atoms with van der Waals surface area (Å²) in [6.45, 7) is 3.55. The van der Waals surface area contributed by atoms with Crippen LogP contribution in [0.2, 0.25) is 0 Å². The van der Waals surface area contributed by atoms with Crippen LogP contribution in [-0.4, -0.2) is 34.6 Å². The van der Waals surface area contributed by atoms with Gasteiger partial charge in [0.05, 0.1) is 11.7 Å². The summed E-state index contributed by atoms with van der Waals surface area (Å²) in [5.41, 5.74) is -1.81. The standard InChI is InChI=1S/C13H19F3N2O/c1-5-12(2,18(3)4)11(19)9-8-17-7-6-10(9)13(14,15)16/h6-8,11,19H,5H2,1-4H3. The minimum atomic E-state index is -4.50. The van der Waals surface area contributed by atoms with Gasteiger partial charge in [0.25, 0.3) is 0 Å². The predicted molar refractivity (Wildman–Crippen MR) is 66.6 cm³/mol. The van der Waals surface area contributed by atoms with Gasteiger partial charge in [0.1, 0.15) is 0 Å². The van der Waals surface area contributed by atoms with Crippen LogP contribution in [0.4, 0.5) is 13.2 Å². The van der Waals surface area contributed by atoms with Crippen molar-refractivity contribution < 1.29 is 18.3 Å². The fraction of sp³-hybridized carbons (Fsp3) is 0.615. The number of nitrogens with zero attached hydrogens (tertiary/aromatic N) is 2. The minimum Gasteiger partial charge on any atom is -0.386 e. The van der Waals surface area contributed by atoms with E-state index in [-0.39, 0.29) is 5.56 Å². The van der Waals surface area contributed by atoms with Gasteiger partial charge in [-0.15, -0.1) is 0 Å². The Labute approximate surface area is 111 Å². The third kappa shape index (κ3) is 3.06. The van der Waals surface area contributed by atoms with Gasteiger partial charge >= 0.3 is 6.18 Å². The SMILES string of the molecule is CCC(C)(C(O)c1cnccc1C(F)(F)F)N(C)C. The Balaban J connectivity index is 3.31. The molecular formula is C13H19F3N2O. The minimum absolute atomic E-state index is 0.187. The molecule has 0 radical (unpaired) electrons. The van der Waals surface area contributed by atoms with Gasteiger partial charge in [0.15, 0.2) is 0 Å². The first-order valence-corrected chi connectivity index (χ1v) is 6.01. The molecule has 0 saturated carbocycles. The third-order valence-corrected chi connectivity index (χ3v) is 3.78. The molecule has 0 saturated heterocycles. The van der Waals surface area contributed by atoms with Gasteiger partial charge in [0, 0.05) is 23.5 Å². The maximum atomic E-state index is 12.9. The molecule has 1 aromatic rings. The van der Waals surface area contributed by atoms with Crippen LogP contribution < -0.4 is 0 Å². The van der Waals surface area contributed by atoms with Gasteiger partial charge in [-0.1, -0.05) is 6.92 Å². The van der Waals surface area contributed by atoms with E-state index in [9.17, 15) is 18.3 Å². The molecule has 19 heavy (non-hydrogen) atoms. The quantitative estimate of drug-likeness (QED) is 0.918. The van der Waals surface area contributed by atoms with Crippen molar-refractivity contribution in [3.05, 3.63) is 29.6 Å². The van der Waals surface area contributed by atoms with Crippen LogP contribution in [0.3, 0.4) is 0 Å². The predicted octanol–water partition coefficient (Wildman–Crippen LogP) is 2.86. The number of aliphatic hydroxyl groups is 1. The van der Waals surface area contributed by atoms with E-state index in [1.54, 1.807) is 25.9 Å². The van der Waals surface area contributed by atoms with E-state index in [1.807, 2.05) is 6.92 Å². The molecule has 0 aliphatic carbocycles. The Morgan fingerprint density at radius 1 is 1.37 bits per heavy atom. The lowest BCUT2D eigenvalue weighted by atomic mass is 9.84. The van der Waals surface area contributed by atoms with Crippen molar-refractivity contribution in [3.63, 3.8) is 0 Å². The fourth-order valence-corrected chi connectivity index (χ4v) is 1.97. The Hall–Kier alpha value is -1.14. The molecule has 108 valence electrons. The van der Waals surface area contributed by atoms with E-state index in [0.717, 1.165) is 18.5 Å². The van der Waals surface area contributed by atoms with Crippen LogP contribution in [0.25, 0.3) is 0 Å². The van der Waals surface area contributed by atoms with Gasteiger partial charge in [-0.3, -0.25) is 4.98 Å². The molecule has 0 fully saturated rings. The van der Waals surface area contributed by atoms with Crippen molar-refractivity contribution in [1.82, 2.24) is 9.88 Å². The van der Waals surface area contributed by atoms with E-state index in [2.05, 4.69) is 4.98 Å². The van der Waals surface area contributed by atoms with Crippen LogP contribution in [0.5, 0.6) is 0 Å². The highest BCUT2D eigenvalue weighted by Crippen LogP contribution is 2.39. The lowest BCUT2D eigenvalue weighted by molar-refractivity contribution is -0.140. The molecule has 0 aliphatic heterocycles. The molecule has 6 heteroatoms. The van der Waals surface area contributed by atoms with Crippen molar-refractivity contribution >= 4 is 0 Å². The van der Waals surface area contributed by atoms with Crippen LogP contribution >= 0.6 is 0 Å². The van der Waals surface area contributed by atoms with Crippen molar-refractivity contribution in [3.8, 4) is 0 Å². The van der Waals surface area contributed by atoms with Crippen LogP contribution in [0.1, 0.15) is 37.5 Å². The van der Waals surface area contributed by atoms with E-state index in [1.165, 1.54) is 0 Å². The second-order valence-electron chi connectivity index (χ2n) is 4.97. The van der Waals surface area contributed by atoms with Gasteiger partial charge < -0.3 is 10.0 Å². The van der Waals surface area contributed by atoms with Crippen LogP contribution in [-0.2, 0) is 6.18 Å². The average Bonchev–Trinajstić information content (AvgIpc) is 2.35. The normalized spacial score (nSPS) is 17.3. The molecule has 1 N–H and O–H groups in total. The zero-order chi connectivity index (χ0) is 14.8. The van der Waals surface area contributed by atoms with Gasteiger partial charge in [-0.25, -0.2) is 0 Å². The van der Waals surface area contributed by atoms with Crippen LogP contribution in [0.15, 0.2) is 18.5 Å². The number of halogens is 3. The highest BCUT2D eigenvalue weighted by molar-refractivity contribution is 5.30. The highest BCUT2D eigenvalue weighted by atomic mass is 19.4. The Morgan fingerprint density at radius 2 is 1.95 bits per heavy atom. The van der Waals surface area contributed by atoms with E-state index < -0.39 is 23.4 Å². The monoisotopic (exact) mass is 276 g/mol. The molecule has 0 spiro atoms. The maximum Gasteiger partial charge on any atom is 0.416 e. The number of aliphatic hydroxyl groups excluding tert-OH is 1. The lowest BCUT2D eigenvalue weighted by Crippen LogP contribution is -2.46. The smallest absolute Gasteiger partial charge is 0.386 e. The summed E-state index contributed by atoms with van der Waals surface area (Å²) in [5.74, 6) is 0. The molecule has 0 aliphatic rings. The molecule has 2 unspecified atom stereocenters. The first kappa shape index (κ1) is 15.9. The number of hydrogen-bond donors (Lipinski definition) is 1. The first-order valence-electron chi connectivity index (χ1n) is 6.01. The average molecular weight is 276 g/mol. The second-order valence-corrected chi connectivity index (χ2v) is 4.97. The summed E-state index contributed by atoms with van der Waals surface area (Å²) in [6, 6.07) is 0.893. The summed E-state index contributed by atoms with van der Waals surface area (Å²) in [4.78, 5) is 5.44. The van der Waals surface area contributed by atoms with Crippen molar-refractivity contribution in [2.75, 3.05) is 14.1 Å². The fourth-order valence-electron chi connectivity index (χ4n) is 1.97. The number of pyridine rings is 1. The van der Waals surface area contributed by atoms with Gasteiger partial charge in [-0.2, -0.15) is 13.2 Å². The zero-order valence-corrected chi connectivity index (χ0v) is 11.5. The van der Waals surface area contributed by atoms with Crippen molar-refractivity contribution in [1.29, 1.82) is 0 Å². The van der Waals surface area contributed by atoms with Crippen molar-refractivity contribution in [2.45, 2.75) is 38.1 Å². The highest BCUT2D eigenvalue weighted by Gasteiger charge is 2.41. The molecule has 1 rings (SSSR count). The molecule has 2 atom stereocenters. The molecule has 0 bridgehead atoms. The topological polar surface area (TPSA) is 36.4 Å². The molecule has 0 aromatic carbocycles. The first-order chi connectivity index (χ1) is 8.64. The number of rotatable bonds is 4. The Bertz CT molecular complexity index is 434. The number of likely N-dealkylation sites (N-methyl/N-ethyl adjacent to an activating group) is 1. The summed E-state index contributed by atoms with van der Waals surface area (Å²) >= 11 is 0. The maximum absolute atomic E-state index is 12.9. The zero-order valence-electron chi connectivity index (χ0n) is 11.5. The van der Waals surface area contributed by atoms with Gasteiger partial charge in [-0.05, 0) is 33.5 Å². The molecule has 3 nitrogen and oxygen atoms in total. The Morgan fingerprint density at radius 3 is 2.37 bits per heavy atom. The second kappa shape index (κ2) is 5.46. The lowest BCUT2D eigenvalue weighted by Gasteiger charge is -2.40. The number of aromatic nitrogens is 1. The summed E-state index contributed by atoms with van der Waals surface area (Å²) in [6.07, 6.45) is -3.09. The van der Waals surface area contributed by atoms with E-state index >= 15 is 0 Å². The molecule has 0 amide bonds. The van der Waals surface area contributed by atoms with E-state index in [4.69, 9.17) is 0 Å². The van der Waals surface area contributed by atoms with Crippen molar-refractivity contribution in [2.24, 2.45) is 0 Å². The van der Waals surface area contributed by atoms with E-state index in [0.29, 0.717) is 6.42 Å². The van der Waals surface area contributed by atoms with Gasteiger partial charge in [0.2, 0.25) is 0 Å². The summed E-state index contributed by atoms with van der Waals surface area (Å²) < 4.78 is 38.8. The summed E-state index contributed by atoms with van der Waals surface area (Å²) in [7, 11) is 3.46. The summed E-state index contributed by atoms with van der Waals surface area (Å²) in [5, 5.41) is 10.4. The largest absolute Gasteiger partial charge is 0.416 e. The number of alkyl halides is 3. The molecular weight excluding hydrogens is 257 g/mol. The number of hydrogen-bond acceptors (Lipinski definition) is 3.